The van der Waals surface area contributed by atoms with Gasteiger partial charge in [-0.15, -0.1) is 0 Å². The smallest absolute Gasteiger partial charge is 0.313 e. The molecule has 2 aromatic carbocycles. The second-order valence-electron chi connectivity index (χ2n) is 4.72. The zero-order valence-corrected chi connectivity index (χ0v) is 13.0. The predicted molar refractivity (Wildman–Crippen MR) is 86.5 cm³/mol. The van der Waals surface area contributed by atoms with Crippen molar-refractivity contribution in [2.75, 3.05) is 19.5 Å². The molecule has 6 heteroatoms. The molecule has 0 aliphatic heterocycles. The second kappa shape index (κ2) is 7.84. The first-order valence-electron chi connectivity index (χ1n) is 6.98. The van der Waals surface area contributed by atoms with Crippen LogP contribution >= 0.6 is 0 Å². The van der Waals surface area contributed by atoms with Crippen LogP contribution in [-0.4, -0.2) is 26.0 Å². The van der Waals surface area contributed by atoms with Crippen LogP contribution in [0.4, 0.5) is 5.69 Å². The van der Waals surface area contributed by atoms with E-state index in [1.165, 1.54) is 7.11 Å². The molecular weight excluding hydrogens is 296 g/mol. The molecule has 2 rings (SSSR count). The van der Waals surface area contributed by atoms with Gasteiger partial charge in [-0.05, 0) is 29.8 Å². The normalized spacial score (nSPS) is 9.83. The first-order chi connectivity index (χ1) is 11.1. The lowest BCUT2D eigenvalue weighted by molar-refractivity contribution is -0.136. The summed E-state index contributed by atoms with van der Waals surface area (Å²) in [7, 11) is 3.10. The summed E-state index contributed by atoms with van der Waals surface area (Å²) in [4.78, 5) is 23.7. The number of hydrogen-bond acceptors (Lipinski definition) is 4. The molecule has 0 saturated heterocycles. The fourth-order valence-electron chi connectivity index (χ4n) is 1.93. The number of amides is 2. The van der Waals surface area contributed by atoms with Gasteiger partial charge in [0.25, 0.3) is 0 Å². The third-order valence-electron chi connectivity index (χ3n) is 3.12. The maximum atomic E-state index is 11.9. The minimum Gasteiger partial charge on any atom is -0.497 e. The quantitative estimate of drug-likeness (QED) is 0.827. The molecule has 0 heterocycles. The zero-order chi connectivity index (χ0) is 16.7. The van der Waals surface area contributed by atoms with Crippen molar-refractivity contribution in [3.05, 3.63) is 54.1 Å². The molecule has 0 bridgehead atoms. The van der Waals surface area contributed by atoms with Gasteiger partial charge in [-0.25, -0.2) is 0 Å². The third-order valence-corrected chi connectivity index (χ3v) is 3.12. The van der Waals surface area contributed by atoms with Crippen LogP contribution in [0.25, 0.3) is 0 Å². The molecule has 2 aromatic rings. The van der Waals surface area contributed by atoms with E-state index in [0.29, 0.717) is 17.2 Å². The van der Waals surface area contributed by atoms with Crippen molar-refractivity contribution in [1.29, 1.82) is 0 Å². The van der Waals surface area contributed by atoms with Crippen LogP contribution in [-0.2, 0) is 16.1 Å². The SMILES string of the molecule is COc1cccc(CNC(=O)C(=O)Nc2cccc(OC)c2)c1. The van der Waals surface area contributed by atoms with E-state index in [-0.39, 0.29) is 6.54 Å². The highest BCUT2D eigenvalue weighted by molar-refractivity contribution is 6.39. The van der Waals surface area contributed by atoms with Crippen molar-refractivity contribution < 1.29 is 19.1 Å². The first-order valence-corrected chi connectivity index (χ1v) is 6.98. The van der Waals surface area contributed by atoms with Crippen molar-refractivity contribution in [2.24, 2.45) is 0 Å². The number of rotatable bonds is 5. The van der Waals surface area contributed by atoms with E-state index in [1.54, 1.807) is 43.5 Å². The standard InChI is InChI=1S/C17H18N2O4/c1-22-14-7-3-5-12(9-14)11-18-16(20)17(21)19-13-6-4-8-15(10-13)23-2/h3-10H,11H2,1-2H3,(H,18,20)(H,19,21). The Kier molecular flexibility index (Phi) is 5.57. The van der Waals surface area contributed by atoms with Crippen LogP contribution in [0.3, 0.4) is 0 Å². The Morgan fingerprint density at radius 1 is 0.913 bits per heavy atom. The van der Waals surface area contributed by atoms with Gasteiger partial charge in [-0.1, -0.05) is 18.2 Å². The Labute approximate surface area is 134 Å². The Hall–Kier alpha value is -3.02. The van der Waals surface area contributed by atoms with Crippen LogP contribution in [0.5, 0.6) is 11.5 Å². The molecule has 0 aliphatic carbocycles. The average molecular weight is 314 g/mol. The van der Waals surface area contributed by atoms with E-state index >= 15 is 0 Å². The van der Waals surface area contributed by atoms with E-state index in [2.05, 4.69) is 10.6 Å². The summed E-state index contributed by atoms with van der Waals surface area (Å²) in [6.07, 6.45) is 0. The van der Waals surface area contributed by atoms with Crippen LogP contribution in [0.2, 0.25) is 0 Å². The Morgan fingerprint density at radius 2 is 1.57 bits per heavy atom. The molecule has 2 N–H and O–H groups in total. The number of carbonyl (C=O) groups excluding carboxylic acids is 2. The molecule has 0 unspecified atom stereocenters. The Morgan fingerprint density at radius 3 is 2.26 bits per heavy atom. The number of hydrogen-bond donors (Lipinski definition) is 2. The highest BCUT2D eigenvalue weighted by atomic mass is 16.5. The molecule has 23 heavy (non-hydrogen) atoms. The van der Waals surface area contributed by atoms with Crippen LogP contribution in [0.15, 0.2) is 48.5 Å². The van der Waals surface area contributed by atoms with E-state index in [9.17, 15) is 9.59 Å². The highest BCUT2D eigenvalue weighted by Crippen LogP contribution is 2.16. The summed E-state index contributed by atoms with van der Waals surface area (Å²) >= 11 is 0. The van der Waals surface area contributed by atoms with Crippen molar-refractivity contribution in [1.82, 2.24) is 5.32 Å². The average Bonchev–Trinajstić information content (AvgIpc) is 2.59. The topological polar surface area (TPSA) is 76.7 Å². The lowest BCUT2D eigenvalue weighted by Gasteiger charge is -2.08. The maximum Gasteiger partial charge on any atom is 0.313 e. The summed E-state index contributed by atoms with van der Waals surface area (Å²) in [6, 6.07) is 14.0. The minimum absolute atomic E-state index is 0.238. The molecular formula is C17H18N2O4. The zero-order valence-electron chi connectivity index (χ0n) is 13.0. The molecule has 0 atom stereocenters. The van der Waals surface area contributed by atoms with Crippen LogP contribution < -0.4 is 20.1 Å². The lowest BCUT2D eigenvalue weighted by atomic mass is 10.2. The summed E-state index contributed by atoms with van der Waals surface area (Å²) in [6.45, 7) is 0.238. The molecule has 0 fully saturated rings. The van der Waals surface area contributed by atoms with Gasteiger partial charge in [-0.2, -0.15) is 0 Å². The highest BCUT2D eigenvalue weighted by Gasteiger charge is 2.13. The number of anilines is 1. The van der Waals surface area contributed by atoms with Crippen molar-refractivity contribution in [3.63, 3.8) is 0 Å². The van der Waals surface area contributed by atoms with Gasteiger partial charge in [0.1, 0.15) is 11.5 Å². The first kappa shape index (κ1) is 16.4. The van der Waals surface area contributed by atoms with Crippen molar-refractivity contribution >= 4 is 17.5 Å². The molecule has 0 radical (unpaired) electrons. The largest absolute Gasteiger partial charge is 0.497 e. The molecule has 2 amide bonds. The Balaban J connectivity index is 1.90. The fraction of sp³-hybridized carbons (Fsp3) is 0.176. The monoisotopic (exact) mass is 314 g/mol. The van der Waals surface area contributed by atoms with Crippen molar-refractivity contribution in [3.8, 4) is 11.5 Å². The summed E-state index contributed by atoms with van der Waals surface area (Å²) < 4.78 is 10.2. The van der Waals surface area contributed by atoms with E-state index in [4.69, 9.17) is 9.47 Å². The van der Waals surface area contributed by atoms with Crippen LogP contribution in [0.1, 0.15) is 5.56 Å². The number of methoxy groups -OCH3 is 2. The van der Waals surface area contributed by atoms with Gasteiger partial charge >= 0.3 is 11.8 Å². The maximum absolute atomic E-state index is 11.9. The predicted octanol–water partition coefficient (Wildman–Crippen LogP) is 1.96. The minimum atomic E-state index is -0.735. The molecule has 0 saturated carbocycles. The molecule has 0 aliphatic rings. The number of benzene rings is 2. The molecule has 0 aromatic heterocycles. The summed E-state index contributed by atoms with van der Waals surface area (Å²) in [5.74, 6) is -0.158. The molecule has 6 nitrogen and oxygen atoms in total. The third kappa shape index (κ3) is 4.74. The lowest BCUT2D eigenvalue weighted by Crippen LogP contribution is -2.34. The van der Waals surface area contributed by atoms with Gasteiger partial charge in [-0.3, -0.25) is 9.59 Å². The van der Waals surface area contributed by atoms with Gasteiger partial charge in [0.15, 0.2) is 0 Å². The van der Waals surface area contributed by atoms with Gasteiger partial charge < -0.3 is 20.1 Å². The van der Waals surface area contributed by atoms with E-state index in [0.717, 1.165) is 5.56 Å². The number of nitrogens with one attached hydrogen (secondary N) is 2. The number of carbonyl (C=O) groups is 2. The van der Waals surface area contributed by atoms with Gasteiger partial charge in [0.05, 0.1) is 14.2 Å². The fourth-order valence-corrected chi connectivity index (χ4v) is 1.93. The van der Waals surface area contributed by atoms with Crippen molar-refractivity contribution in [2.45, 2.75) is 6.54 Å². The summed E-state index contributed by atoms with van der Waals surface area (Å²) in [5.41, 5.74) is 1.33. The van der Waals surface area contributed by atoms with E-state index in [1.807, 2.05) is 12.1 Å². The van der Waals surface area contributed by atoms with Crippen LogP contribution in [0, 0.1) is 0 Å². The molecule has 0 spiro atoms. The van der Waals surface area contributed by atoms with Gasteiger partial charge in [0.2, 0.25) is 0 Å². The van der Waals surface area contributed by atoms with Gasteiger partial charge in [0, 0.05) is 18.3 Å². The second-order valence-corrected chi connectivity index (χ2v) is 4.72. The summed E-state index contributed by atoms with van der Waals surface area (Å²) in [5, 5.41) is 5.08. The Bertz CT molecular complexity index is 700. The molecule has 120 valence electrons. The van der Waals surface area contributed by atoms with E-state index < -0.39 is 11.8 Å². The number of ether oxygens (including phenoxy) is 2.